The summed E-state index contributed by atoms with van der Waals surface area (Å²) in [5.41, 5.74) is -0.980. The van der Waals surface area contributed by atoms with Crippen LogP contribution in [0.15, 0.2) is 10.8 Å². The van der Waals surface area contributed by atoms with Gasteiger partial charge in [0.1, 0.15) is 4.60 Å². The Hall–Kier alpha value is -0.310. The van der Waals surface area contributed by atoms with Crippen molar-refractivity contribution >= 4 is 44.5 Å². The third kappa shape index (κ3) is 2.19. The van der Waals surface area contributed by atoms with Gasteiger partial charge in [-0.1, -0.05) is 0 Å². The molecule has 1 N–H and O–H groups in total. The third-order valence-corrected chi connectivity index (χ3v) is 2.90. The second-order valence-electron chi connectivity index (χ2n) is 2.29. The molecule has 0 atom stereocenters. The topological polar surface area (TPSA) is 50.2 Å². The molecule has 0 saturated heterocycles. The van der Waals surface area contributed by atoms with E-state index in [1.807, 2.05) is 0 Å². The lowest BCUT2D eigenvalue weighted by Crippen LogP contribution is -2.08. The third-order valence-electron chi connectivity index (χ3n) is 1.45. The minimum atomic E-state index is -2.86. The highest BCUT2D eigenvalue weighted by Crippen LogP contribution is 2.31. The summed E-state index contributed by atoms with van der Waals surface area (Å²) in [7, 11) is 0. The molecule has 14 heavy (non-hydrogen) atoms. The fraction of sp³-hybridized carbons (Fsp3) is 0.143. The van der Waals surface area contributed by atoms with Crippen LogP contribution in [-0.2, 0) is 0 Å². The molecule has 0 aliphatic heterocycles. The van der Waals surface area contributed by atoms with Crippen molar-refractivity contribution in [1.82, 2.24) is 4.98 Å². The van der Waals surface area contributed by atoms with Crippen LogP contribution >= 0.6 is 38.5 Å². The first-order chi connectivity index (χ1) is 6.45. The van der Waals surface area contributed by atoms with Gasteiger partial charge in [0.05, 0.1) is 11.1 Å². The summed E-state index contributed by atoms with van der Waals surface area (Å²) in [4.78, 5) is 14.3. The van der Waals surface area contributed by atoms with E-state index in [-0.39, 0.29) is 8.17 Å². The van der Waals surface area contributed by atoms with E-state index in [9.17, 15) is 13.6 Å². The van der Waals surface area contributed by atoms with Crippen molar-refractivity contribution in [3.63, 3.8) is 0 Å². The Bertz CT molecular complexity index is 386. The lowest BCUT2D eigenvalue weighted by atomic mass is 10.1. The Morgan fingerprint density at radius 1 is 1.64 bits per heavy atom. The van der Waals surface area contributed by atoms with Gasteiger partial charge in [-0.2, -0.15) is 0 Å². The molecule has 0 amide bonds. The van der Waals surface area contributed by atoms with E-state index in [2.05, 4.69) is 20.9 Å². The molecule has 1 aromatic heterocycles. The van der Waals surface area contributed by atoms with Crippen LogP contribution < -0.4 is 0 Å². The summed E-state index contributed by atoms with van der Waals surface area (Å²) in [6, 6.07) is 0. The number of hydrogen-bond donors (Lipinski definition) is 1. The molecule has 1 aromatic rings. The Morgan fingerprint density at radius 3 is 2.57 bits per heavy atom. The number of aromatic nitrogens is 1. The number of nitrogens with zero attached hydrogens (tertiary/aromatic N) is 1. The Balaban J connectivity index is 3.50. The number of rotatable bonds is 2. The molecule has 76 valence electrons. The van der Waals surface area contributed by atoms with Gasteiger partial charge in [-0.3, -0.25) is 0 Å². The Morgan fingerprint density at radius 2 is 2.21 bits per heavy atom. The summed E-state index contributed by atoms with van der Waals surface area (Å²) in [5.74, 6) is -1.38. The zero-order valence-corrected chi connectivity index (χ0v) is 10.2. The van der Waals surface area contributed by atoms with Crippen molar-refractivity contribution in [3.05, 3.63) is 25.5 Å². The van der Waals surface area contributed by atoms with E-state index in [1.165, 1.54) is 6.20 Å². The van der Waals surface area contributed by atoms with Crippen molar-refractivity contribution in [1.29, 1.82) is 0 Å². The number of aromatic carboxylic acids is 1. The number of pyridine rings is 1. The van der Waals surface area contributed by atoms with Crippen molar-refractivity contribution < 1.29 is 18.7 Å². The molecule has 3 nitrogen and oxygen atoms in total. The minimum absolute atomic E-state index is 0.134. The molecular weight excluding hydrogens is 375 g/mol. The normalized spacial score (nSPS) is 10.6. The number of halogens is 4. The van der Waals surface area contributed by atoms with Crippen molar-refractivity contribution in [2.45, 2.75) is 6.43 Å². The van der Waals surface area contributed by atoms with Crippen molar-refractivity contribution in [2.24, 2.45) is 0 Å². The fourth-order valence-electron chi connectivity index (χ4n) is 0.896. The number of carbonyl (C=O) groups is 1. The van der Waals surface area contributed by atoms with E-state index in [1.54, 1.807) is 22.6 Å². The molecule has 0 bridgehead atoms. The van der Waals surface area contributed by atoms with Gasteiger partial charge in [0.2, 0.25) is 0 Å². The SMILES string of the molecule is O=C(O)c1c(I)cnc(Br)c1C(F)F. The van der Waals surface area contributed by atoms with Gasteiger partial charge in [0, 0.05) is 9.77 Å². The summed E-state index contributed by atoms with van der Waals surface area (Å²) >= 11 is 4.45. The number of hydrogen-bond acceptors (Lipinski definition) is 2. The van der Waals surface area contributed by atoms with Crippen LogP contribution in [0.2, 0.25) is 0 Å². The maximum absolute atomic E-state index is 12.5. The predicted molar refractivity (Wildman–Crippen MR) is 56.6 cm³/mol. The van der Waals surface area contributed by atoms with Gasteiger partial charge in [0.25, 0.3) is 6.43 Å². The number of alkyl halides is 2. The maximum atomic E-state index is 12.5. The summed E-state index contributed by atoms with van der Waals surface area (Å²) in [6.07, 6.45) is -1.64. The van der Waals surface area contributed by atoms with Crippen molar-refractivity contribution in [3.8, 4) is 0 Å². The molecule has 1 heterocycles. The molecule has 0 aromatic carbocycles. The minimum Gasteiger partial charge on any atom is -0.478 e. The van der Waals surface area contributed by atoms with Crippen LogP contribution in [-0.4, -0.2) is 16.1 Å². The maximum Gasteiger partial charge on any atom is 0.337 e. The zero-order chi connectivity index (χ0) is 10.9. The highest BCUT2D eigenvalue weighted by molar-refractivity contribution is 14.1. The van der Waals surface area contributed by atoms with E-state index in [0.29, 0.717) is 0 Å². The van der Waals surface area contributed by atoms with E-state index >= 15 is 0 Å². The fourth-order valence-corrected chi connectivity index (χ4v) is 2.03. The van der Waals surface area contributed by atoms with Gasteiger partial charge in [-0.25, -0.2) is 18.6 Å². The average Bonchev–Trinajstić information content (AvgIpc) is 2.07. The second kappa shape index (κ2) is 4.47. The van der Waals surface area contributed by atoms with Crippen LogP contribution in [0, 0.1) is 3.57 Å². The molecular formula is C7H3BrF2INO2. The molecule has 0 aliphatic carbocycles. The predicted octanol–water partition coefficient (Wildman–Crippen LogP) is 3.08. The quantitative estimate of drug-likeness (QED) is 0.636. The first-order valence-corrected chi connectivity index (χ1v) is 5.17. The van der Waals surface area contributed by atoms with Crippen LogP contribution in [0.25, 0.3) is 0 Å². The Kier molecular flexibility index (Phi) is 3.76. The van der Waals surface area contributed by atoms with Crippen LogP contribution in [0.5, 0.6) is 0 Å². The lowest BCUT2D eigenvalue weighted by molar-refractivity contribution is 0.0682. The molecule has 7 heteroatoms. The largest absolute Gasteiger partial charge is 0.478 e. The summed E-state index contributed by atoms with van der Waals surface area (Å²) in [5, 5.41) is 8.73. The van der Waals surface area contributed by atoms with Crippen molar-refractivity contribution in [2.75, 3.05) is 0 Å². The first kappa shape index (κ1) is 11.8. The molecule has 0 spiro atoms. The van der Waals surface area contributed by atoms with E-state index < -0.39 is 23.5 Å². The second-order valence-corrected chi connectivity index (χ2v) is 4.20. The standard InChI is InChI=1S/C7H3BrF2INO2/c8-5-4(6(9)10)3(7(13)14)2(11)1-12-5/h1,6H,(H,13,14). The van der Waals surface area contributed by atoms with E-state index in [0.717, 1.165) is 0 Å². The monoisotopic (exact) mass is 377 g/mol. The van der Waals surface area contributed by atoms with Crippen LogP contribution in [0.3, 0.4) is 0 Å². The zero-order valence-electron chi connectivity index (χ0n) is 6.47. The Labute approximate surface area is 99.8 Å². The highest BCUT2D eigenvalue weighted by atomic mass is 127. The van der Waals surface area contributed by atoms with E-state index in [4.69, 9.17) is 5.11 Å². The molecule has 0 fully saturated rings. The van der Waals surface area contributed by atoms with Gasteiger partial charge < -0.3 is 5.11 Å². The highest BCUT2D eigenvalue weighted by Gasteiger charge is 2.24. The molecule has 0 unspecified atom stereocenters. The summed E-state index contributed by atoms with van der Waals surface area (Å²) < 4.78 is 25.0. The lowest BCUT2D eigenvalue weighted by Gasteiger charge is -2.08. The van der Waals surface area contributed by atoms with Gasteiger partial charge in [-0.15, -0.1) is 0 Å². The molecule has 0 aliphatic rings. The number of carboxylic acids is 1. The molecule has 0 radical (unpaired) electrons. The van der Waals surface area contributed by atoms with Gasteiger partial charge in [0.15, 0.2) is 0 Å². The molecule has 0 saturated carbocycles. The van der Waals surface area contributed by atoms with Gasteiger partial charge in [-0.05, 0) is 38.5 Å². The van der Waals surface area contributed by atoms with Gasteiger partial charge >= 0.3 is 5.97 Å². The summed E-state index contributed by atoms with van der Waals surface area (Å²) in [6.45, 7) is 0. The smallest absolute Gasteiger partial charge is 0.337 e. The average molecular weight is 378 g/mol. The van der Waals surface area contributed by atoms with Crippen LogP contribution in [0.1, 0.15) is 22.3 Å². The molecule has 1 rings (SSSR count). The number of carboxylic acid groups (broad SMARTS) is 1. The van der Waals surface area contributed by atoms with Crippen LogP contribution in [0.4, 0.5) is 8.78 Å². The first-order valence-electron chi connectivity index (χ1n) is 3.30.